The first kappa shape index (κ1) is 16.2. The zero-order valence-electron chi connectivity index (χ0n) is 13.5. The van der Waals surface area contributed by atoms with Crippen LogP contribution in [0, 0.1) is 0 Å². The van der Waals surface area contributed by atoms with E-state index in [1.165, 1.54) is 10.8 Å². The number of aromatic nitrogens is 1. The Morgan fingerprint density at radius 3 is 2.54 bits per heavy atom. The van der Waals surface area contributed by atoms with Crippen LogP contribution in [0.4, 0.5) is 17.2 Å². The molecule has 0 aliphatic rings. The molecule has 0 fully saturated rings. The highest BCUT2D eigenvalue weighted by atomic mass is 32.1. The molecule has 0 aliphatic carbocycles. The molecule has 0 saturated heterocycles. The highest BCUT2D eigenvalue weighted by Crippen LogP contribution is 2.21. The predicted octanol–water partition coefficient (Wildman–Crippen LogP) is 4.67. The molecule has 122 valence electrons. The minimum atomic E-state index is 0.619. The molecule has 0 radical (unpaired) electrons. The molecule has 1 aromatic heterocycles. The number of nitrogens with zero attached hydrogens (tertiary/aromatic N) is 1. The van der Waals surface area contributed by atoms with Crippen LogP contribution in [0.1, 0.15) is 13.3 Å². The van der Waals surface area contributed by atoms with Crippen LogP contribution in [0.25, 0.3) is 10.8 Å². The molecule has 3 N–H and O–H groups in total. The zero-order chi connectivity index (χ0) is 16.8. The second kappa shape index (κ2) is 7.75. The van der Waals surface area contributed by atoms with Gasteiger partial charge in [0.15, 0.2) is 5.11 Å². The molecule has 24 heavy (non-hydrogen) atoms. The molecule has 0 unspecified atom stereocenters. The van der Waals surface area contributed by atoms with E-state index in [1.807, 2.05) is 24.3 Å². The van der Waals surface area contributed by atoms with Gasteiger partial charge in [0.2, 0.25) is 0 Å². The van der Waals surface area contributed by atoms with Gasteiger partial charge in [0, 0.05) is 12.2 Å². The van der Waals surface area contributed by atoms with E-state index < -0.39 is 0 Å². The number of anilines is 3. The largest absolute Gasteiger partial charge is 0.362 e. The Hall–Kier alpha value is -2.66. The zero-order valence-corrected chi connectivity index (χ0v) is 14.4. The van der Waals surface area contributed by atoms with Crippen molar-refractivity contribution in [3.05, 3.63) is 60.8 Å². The van der Waals surface area contributed by atoms with E-state index in [0.717, 1.165) is 30.2 Å². The summed E-state index contributed by atoms with van der Waals surface area (Å²) in [7, 11) is 0. The summed E-state index contributed by atoms with van der Waals surface area (Å²) in [5.74, 6) is 0.795. The van der Waals surface area contributed by atoms with Crippen molar-refractivity contribution in [1.82, 2.24) is 10.3 Å². The van der Waals surface area contributed by atoms with E-state index in [2.05, 4.69) is 58.2 Å². The Balaban J connectivity index is 1.65. The van der Waals surface area contributed by atoms with Crippen molar-refractivity contribution in [3.8, 4) is 0 Å². The highest BCUT2D eigenvalue weighted by molar-refractivity contribution is 7.80. The molecule has 0 saturated carbocycles. The third-order valence-electron chi connectivity index (χ3n) is 3.58. The quantitative estimate of drug-likeness (QED) is 0.591. The topological polar surface area (TPSA) is 49.0 Å². The fourth-order valence-corrected chi connectivity index (χ4v) is 2.59. The van der Waals surface area contributed by atoms with Gasteiger partial charge in [0.05, 0.1) is 11.9 Å². The first-order valence-electron chi connectivity index (χ1n) is 8.01. The van der Waals surface area contributed by atoms with Gasteiger partial charge in [-0.05, 0) is 53.7 Å². The number of thiocarbonyl (C=S) groups is 1. The summed E-state index contributed by atoms with van der Waals surface area (Å²) in [6.45, 7) is 2.96. The van der Waals surface area contributed by atoms with Gasteiger partial charge in [0.25, 0.3) is 0 Å². The lowest BCUT2D eigenvalue weighted by atomic mass is 10.1. The number of hydrogen-bond acceptors (Lipinski definition) is 3. The van der Waals surface area contributed by atoms with Crippen molar-refractivity contribution >= 4 is 45.3 Å². The predicted molar refractivity (Wildman–Crippen MR) is 106 cm³/mol. The van der Waals surface area contributed by atoms with Crippen molar-refractivity contribution in [2.24, 2.45) is 0 Å². The maximum absolute atomic E-state index is 5.22. The van der Waals surface area contributed by atoms with Crippen molar-refractivity contribution in [2.75, 3.05) is 17.2 Å². The molecular formula is C19H20N4S. The third-order valence-corrected chi connectivity index (χ3v) is 3.83. The van der Waals surface area contributed by atoms with E-state index in [9.17, 15) is 0 Å². The van der Waals surface area contributed by atoms with Gasteiger partial charge >= 0.3 is 0 Å². The molecule has 0 bridgehead atoms. The molecule has 4 nitrogen and oxygen atoms in total. The van der Waals surface area contributed by atoms with Crippen LogP contribution in [0.3, 0.4) is 0 Å². The average Bonchev–Trinajstić information content (AvgIpc) is 2.61. The number of benzene rings is 2. The second-order valence-corrected chi connectivity index (χ2v) is 5.91. The van der Waals surface area contributed by atoms with Gasteiger partial charge in [-0.2, -0.15) is 0 Å². The lowest BCUT2D eigenvalue weighted by molar-refractivity contribution is 0.846. The molecule has 0 spiro atoms. The van der Waals surface area contributed by atoms with Crippen LogP contribution < -0.4 is 16.0 Å². The highest BCUT2D eigenvalue weighted by Gasteiger charge is 2.00. The summed E-state index contributed by atoms with van der Waals surface area (Å²) in [4.78, 5) is 4.43. The normalized spacial score (nSPS) is 10.4. The van der Waals surface area contributed by atoms with Gasteiger partial charge < -0.3 is 16.0 Å². The Morgan fingerprint density at radius 1 is 1.00 bits per heavy atom. The fourth-order valence-electron chi connectivity index (χ4n) is 2.37. The molecule has 3 rings (SSSR count). The van der Waals surface area contributed by atoms with E-state index >= 15 is 0 Å². The molecule has 0 atom stereocenters. The summed E-state index contributed by atoms with van der Waals surface area (Å²) in [5.41, 5.74) is 1.88. The lowest BCUT2D eigenvalue weighted by Gasteiger charge is -2.11. The van der Waals surface area contributed by atoms with Crippen LogP contribution in [-0.2, 0) is 0 Å². The number of hydrogen-bond donors (Lipinski definition) is 3. The molecule has 0 aliphatic heterocycles. The van der Waals surface area contributed by atoms with E-state index in [4.69, 9.17) is 12.2 Å². The Kier molecular flexibility index (Phi) is 5.23. The van der Waals surface area contributed by atoms with E-state index in [1.54, 1.807) is 6.20 Å². The minimum absolute atomic E-state index is 0.619. The van der Waals surface area contributed by atoms with Crippen molar-refractivity contribution in [1.29, 1.82) is 0 Å². The van der Waals surface area contributed by atoms with Crippen molar-refractivity contribution < 1.29 is 0 Å². The van der Waals surface area contributed by atoms with Gasteiger partial charge in [0.1, 0.15) is 5.82 Å². The van der Waals surface area contributed by atoms with Gasteiger partial charge in [-0.15, -0.1) is 0 Å². The molecule has 2 aromatic carbocycles. The second-order valence-electron chi connectivity index (χ2n) is 5.50. The molecular weight excluding hydrogens is 316 g/mol. The summed E-state index contributed by atoms with van der Waals surface area (Å²) in [5, 5.41) is 12.6. The van der Waals surface area contributed by atoms with Crippen LogP contribution in [0.2, 0.25) is 0 Å². The number of pyridine rings is 1. The molecule has 5 heteroatoms. The first-order chi connectivity index (χ1) is 11.7. The average molecular weight is 336 g/mol. The summed E-state index contributed by atoms with van der Waals surface area (Å²) in [6.07, 6.45) is 2.80. The smallest absolute Gasteiger partial charge is 0.170 e. The molecule has 3 aromatic rings. The Bertz CT molecular complexity index is 830. The Morgan fingerprint density at radius 2 is 1.79 bits per heavy atom. The summed E-state index contributed by atoms with van der Waals surface area (Å²) in [6, 6.07) is 18.5. The van der Waals surface area contributed by atoms with Crippen LogP contribution in [0.15, 0.2) is 60.8 Å². The van der Waals surface area contributed by atoms with Gasteiger partial charge in [-0.1, -0.05) is 37.3 Å². The minimum Gasteiger partial charge on any atom is -0.362 e. The monoisotopic (exact) mass is 336 g/mol. The maximum Gasteiger partial charge on any atom is 0.170 e. The van der Waals surface area contributed by atoms with Gasteiger partial charge in [-0.3, -0.25) is 0 Å². The summed E-state index contributed by atoms with van der Waals surface area (Å²) < 4.78 is 0. The SMILES string of the molecule is CCCNC(=S)Nc1ccc(Nc2ccc3ccccc3c2)nc1. The molecule has 0 amide bonds. The number of nitrogens with one attached hydrogen (secondary N) is 3. The van der Waals surface area contributed by atoms with Crippen LogP contribution in [-0.4, -0.2) is 16.6 Å². The standard InChI is InChI=1S/C19H20N4S/c1-2-11-20-19(24)23-17-9-10-18(21-13-17)22-16-8-7-14-5-3-4-6-15(14)12-16/h3-10,12-13H,2,11H2,1H3,(H,21,22)(H2,20,23,24). The fraction of sp³-hybridized carbons (Fsp3) is 0.158. The third kappa shape index (κ3) is 4.20. The van der Waals surface area contributed by atoms with E-state index in [-0.39, 0.29) is 0 Å². The molecule has 1 heterocycles. The van der Waals surface area contributed by atoms with Crippen molar-refractivity contribution in [3.63, 3.8) is 0 Å². The van der Waals surface area contributed by atoms with Crippen LogP contribution >= 0.6 is 12.2 Å². The van der Waals surface area contributed by atoms with E-state index in [0.29, 0.717) is 5.11 Å². The Labute approximate surface area is 147 Å². The maximum atomic E-state index is 5.22. The first-order valence-corrected chi connectivity index (χ1v) is 8.42. The van der Waals surface area contributed by atoms with Crippen LogP contribution in [0.5, 0.6) is 0 Å². The number of fused-ring (bicyclic) bond motifs is 1. The summed E-state index contributed by atoms with van der Waals surface area (Å²) >= 11 is 5.22. The van der Waals surface area contributed by atoms with Gasteiger partial charge in [-0.25, -0.2) is 4.98 Å². The number of rotatable bonds is 5. The van der Waals surface area contributed by atoms with Crippen molar-refractivity contribution in [2.45, 2.75) is 13.3 Å². The lowest BCUT2D eigenvalue weighted by Crippen LogP contribution is -2.28.